The molecule has 0 fully saturated rings. The van der Waals surface area contributed by atoms with E-state index < -0.39 is 29.9 Å². The molecule has 1 rings (SSSR count). The minimum atomic E-state index is -4.49. The fraction of sp³-hybridized carbons (Fsp3) is 0.286. The number of hydrogen-bond acceptors (Lipinski definition) is 3. The second-order valence-corrected chi connectivity index (χ2v) is 3.87. The van der Waals surface area contributed by atoms with Crippen LogP contribution in [0.1, 0.15) is 24.5 Å². The van der Waals surface area contributed by atoms with Gasteiger partial charge in [0.2, 0.25) is 0 Å². The molecule has 0 saturated heterocycles. The Labute approximate surface area is 114 Å². The maximum absolute atomic E-state index is 12.7. The summed E-state index contributed by atoms with van der Waals surface area (Å²) < 4.78 is 42.6. The van der Waals surface area contributed by atoms with Crippen molar-refractivity contribution >= 4 is 17.8 Å². The Morgan fingerprint density at radius 2 is 1.90 bits per heavy atom. The highest BCUT2D eigenvalue weighted by Gasteiger charge is 2.32. The second-order valence-electron chi connectivity index (χ2n) is 3.87. The number of benzene rings is 1. The van der Waals surface area contributed by atoms with Gasteiger partial charge in [-0.25, -0.2) is 0 Å². The van der Waals surface area contributed by atoms with Crippen LogP contribution in [0.15, 0.2) is 30.3 Å². The van der Waals surface area contributed by atoms with Crippen LogP contribution in [0.5, 0.6) is 0 Å². The Kier molecular flexibility index (Phi) is 5.49. The van der Waals surface area contributed by atoms with Gasteiger partial charge in [-0.3, -0.25) is 9.59 Å². The summed E-state index contributed by atoms with van der Waals surface area (Å²) in [4.78, 5) is 22.4. The first-order valence-electron chi connectivity index (χ1n) is 5.87. The number of ether oxygens (including phenoxy) is 1. The fourth-order valence-electron chi connectivity index (χ4n) is 1.50. The van der Waals surface area contributed by atoms with Crippen LogP contribution in [0.4, 0.5) is 13.2 Å². The predicted molar refractivity (Wildman–Crippen MR) is 66.7 cm³/mol. The molecular formula is C14H13F3O3. The van der Waals surface area contributed by atoms with Crippen molar-refractivity contribution in [3.63, 3.8) is 0 Å². The normalized spacial score (nSPS) is 11.6. The molecule has 0 amide bonds. The summed E-state index contributed by atoms with van der Waals surface area (Å²) in [6, 6.07) is 4.87. The lowest BCUT2D eigenvalue weighted by atomic mass is 10.1. The molecule has 0 spiro atoms. The SMILES string of the molecule is CCOC(=O)CC(=O)C=Cc1ccccc1C(F)(F)F. The second kappa shape index (κ2) is 6.88. The minimum absolute atomic E-state index is 0.128. The molecule has 0 N–H and O–H groups in total. The first-order chi connectivity index (χ1) is 9.34. The number of alkyl halides is 3. The number of ketones is 1. The van der Waals surface area contributed by atoms with Crippen LogP contribution in [-0.2, 0) is 20.5 Å². The first kappa shape index (κ1) is 15.9. The van der Waals surface area contributed by atoms with Gasteiger partial charge in [0.25, 0.3) is 0 Å². The average Bonchev–Trinajstić information content (AvgIpc) is 2.36. The van der Waals surface area contributed by atoms with E-state index in [0.29, 0.717) is 0 Å². The van der Waals surface area contributed by atoms with Gasteiger partial charge in [-0.05, 0) is 24.6 Å². The molecule has 0 heterocycles. The zero-order valence-corrected chi connectivity index (χ0v) is 10.7. The van der Waals surface area contributed by atoms with Crippen molar-refractivity contribution < 1.29 is 27.5 Å². The Morgan fingerprint density at radius 3 is 2.50 bits per heavy atom. The van der Waals surface area contributed by atoms with Gasteiger partial charge in [0.05, 0.1) is 12.2 Å². The quantitative estimate of drug-likeness (QED) is 0.474. The number of allylic oxidation sites excluding steroid dienone is 1. The lowest BCUT2D eigenvalue weighted by molar-refractivity contribution is -0.145. The van der Waals surface area contributed by atoms with Crippen molar-refractivity contribution in [3.8, 4) is 0 Å². The molecule has 0 aliphatic carbocycles. The first-order valence-corrected chi connectivity index (χ1v) is 5.87. The molecule has 108 valence electrons. The molecule has 20 heavy (non-hydrogen) atoms. The summed E-state index contributed by atoms with van der Waals surface area (Å²) in [5, 5.41) is 0. The Balaban J connectivity index is 2.81. The summed E-state index contributed by atoms with van der Waals surface area (Å²) in [5.41, 5.74) is -0.961. The molecule has 1 aromatic carbocycles. The maximum Gasteiger partial charge on any atom is 0.416 e. The zero-order chi connectivity index (χ0) is 15.2. The largest absolute Gasteiger partial charge is 0.466 e. The smallest absolute Gasteiger partial charge is 0.416 e. The highest BCUT2D eigenvalue weighted by Crippen LogP contribution is 2.32. The summed E-state index contributed by atoms with van der Waals surface area (Å²) in [7, 11) is 0. The van der Waals surface area contributed by atoms with Gasteiger partial charge < -0.3 is 4.74 Å². The number of hydrogen-bond donors (Lipinski definition) is 0. The number of halogens is 3. The zero-order valence-electron chi connectivity index (χ0n) is 10.7. The molecule has 0 aromatic heterocycles. The third-order valence-electron chi connectivity index (χ3n) is 2.34. The average molecular weight is 286 g/mol. The van der Waals surface area contributed by atoms with Crippen LogP contribution in [-0.4, -0.2) is 18.4 Å². The summed E-state index contributed by atoms with van der Waals surface area (Å²) in [6.07, 6.45) is -2.99. The van der Waals surface area contributed by atoms with E-state index in [4.69, 9.17) is 0 Å². The van der Waals surface area contributed by atoms with Crippen LogP contribution in [0, 0.1) is 0 Å². The van der Waals surface area contributed by atoms with Crippen LogP contribution < -0.4 is 0 Å². The maximum atomic E-state index is 12.7. The van der Waals surface area contributed by atoms with Gasteiger partial charge in [0.15, 0.2) is 5.78 Å². The monoisotopic (exact) mass is 286 g/mol. The van der Waals surface area contributed by atoms with E-state index in [0.717, 1.165) is 18.2 Å². The lowest BCUT2D eigenvalue weighted by Crippen LogP contribution is -2.09. The molecule has 0 bridgehead atoms. The van der Waals surface area contributed by atoms with Crippen molar-refractivity contribution in [2.75, 3.05) is 6.61 Å². The van der Waals surface area contributed by atoms with Gasteiger partial charge in [0, 0.05) is 0 Å². The minimum Gasteiger partial charge on any atom is -0.466 e. The van der Waals surface area contributed by atoms with E-state index in [2.05, 4.69) is 4.74 Å². The van der Waals surface area contributed by atoms with Crippen molar-refractivity contribution in [1.29, 1.82) is 0 Å². The van der Waals surface area contributed by atoms with Gasteiger partial charge >= 0.3 is 12.1 Å². The fourth-order valence-corrected chi connectivity index (χ4v) is 1.50. The van der Waals surface area contributed by atoms with E-state index >= 15 is 0 Å². The summed E-state index contributed by atoms with van der Waals surface area (Å²) in [6.45, 7) is 1.74. The molecule has 0 aliphatic rings. The van der Waals surface area contributed by atoms with Crippen LogP contribution >= 0.6 is 0 Å². The molecule has 0 aliphatic heterocycles. The molecule has 3 nitrogen and oxygen atoms in total. The van der Waals surface area contributed by atoms with Gasteiger partial charge in [-0.2, -0.15) is 13.2 Å². The van der Waals surface area contributed by atoms with E-state index in [1.165, 1.54) is 18.2 Å². The predicted octanol–water partition coefficient (Wildman–Crippen LogP) is 3.24. The summed E-state index contributed by atoms with van der Waals surface area (Å²) >= 11 is 0. The van der Waals surface area contributed by atoms with Crippen LogP contribution in [0.2, 0.25) is 0 Å². The Bertz CT molecular complexity index is 519. The summed E-state index contributed by atoms with van der Waals surface area (Å²) in [5.74, 6) is -1.31. The number of carbonyl (C=O) groups excluding carboxylic acids is 2. The molecule has 0 unspecified atom stereocenters. The third-order valence-corrected chi connectivity index (χ3v) is 2.34. The van der Waals surface area contributed by atoms with Gasteiger partial charge in [-0.15, -0.1) is 0 Å². The molecule has 0 radical (unpaired) electrons. The Morgan fingerprint density at radius 1 is 1.25 bits per heavy atom. The van der Waals surface area contributed by atoms with Crippen molar-refractivity contribution in [3.05, 3.63) is 41.5 Å². The van der Waals surface area contributed by atoms with Crippen molar-refractivity contribution in [2.45, 2.75) is 19.5 Å². The van der Waals surface area contributed by atoms with Gasteiger partial charge in [0.1, 0.15) is 6.42 Å². The number of carbonyl (C=O) groups is 2. The number of esters is 1. The van der Waals surface area contributed by atoms with Crippen molar-refractivity contribution in [1.82, 2.24) is 0 Å². The van der Waals surface area contributed by atoms with E-state index in [9.17, 15) is 22.8 Å². The van der Waals surface area contributed by atoms with E-state index in [1.807, 2.05) is 0 Å². The highest BCUT2D eigenvalue weighted by atomic mass is 19.4. The highest BCUT2D eigenvalue weighted by molar-refractivity contribution is 6.04. The molecule has 1 aromatic rings. The molecular weight excluding hydrogens is 273 g/mol. The van der Waals surface area contributed by atoms with Gasteiger partial charge in [-0.1, -0.05) is 24.3 Å². The standard InChI is InChI=1S/C14H13F3O3/c1-2-20-13(19)9-11(18)8-7-10-5-3-4-6-12(10)14(15,16)17/h3-8H,2,9H2,1H3. The molecule has 0 atom stereocenters. The lowest BCUT2D eigenvalue weighted by Gasteiger charge is -2.09. The molecule has 6 heteroatoms. The topological polar surface area (TPSA) is 43.4 Å². The van der Waals surface area contributed by atoms with Crippen molar-refractivity contribution in [2.24, 2.45) is 0 Å². The number of rotatable bonds is 5. The Hall–Kier alpha value is -2.11. The van der Waals surface area contributed by atoms with E-state index in [1.54, 1.807) is 6.92 Å². The van der Waals surface area contributed by atoms with Crippen LogP contribution in [0.25, 0.3) is 6.08 Å². The molecule has 0 saturated carbocycles. The van der Waals surface area contributed by atoms with Crippen LogP contribution in [0.3, 0.4) is 0 Å². The third kappa shape index (κ3) is 4.87. The van der Waals surface area contributed by atoms with E-state index in [-0.39, 0.29) is 12.2 Å².